The Hall–Kier alpha value is -3.38. The van der Waals surface area contributed by atoms with Gasteiger partial charge in [-0.25, -0.2) is 14.2 Å². The smallest absolute Gasteiger partial charge is 0.326 e. The third-order valence-electron chi connectivity index (χ3n) is 5.35. The first-order valence-corrected chi connectivity index (χ1v) is 11.4. The van der Waals surface area contributed by atoms with E-state index in [0.29, 0.717) is 25.3 Å². The minimum absolute atomic E-state index is 0.0481. The van der Waals surface area contributed by atoms with Crippen molar-refractivity contribution < 1.29 is 9.18 Å². The molecule has 1 aromatic carbocycles. The lowest BCUT2D eigenvalue weighted by Crippen LogP contribution is -2.48. The zero-order valence-corrected chi connectivity index (χ0v) is 19.4. The van der Waals surface area contributed by atoms with Gasteiger partial charge in [-0.1, -0.05) is 24.1 Å². The summed E-state index contributed by atoms with van der Waals surface area (Å²) in [6.45, 7) is 4.69. The van der Waals surface area contributed by atoms with Crippen molar-refractivity contribution in [1.82, 2.24) is 14.9 Å². The topological polar surface area (TPSA) is 158 Å². The number of nitrogens with one attached hydrogen (secondary N) is 3. The first-order chi connectivity index (χ1) is 16.3. The molecule has 0 bridgehead atoms. The van der Waals surface area contributed by atoms with Gasteiger partial charge in [0.15, 0.2) is 11.8 Å². The number of hydrogen-bond donors (Lipinski definition) is 5. The van der Waals surface area contributed by atoms with Crippen LogP contribution in [0.3, 0.4) is 0 Å². The Morgan fingerprint density at radius 1 is 1.18 bits per heavy atom. The Morgan fingerprint density at radius 3 is 2.65 bits per heavy atom. The summed E-state index contributed by atoms with van der Waals surface area (Å²) >= 11 is 5.71. The molecule has 7 N–H and O–H groups in total. The Balaban J connectivity index is 1.45. The Bertz CT molecular complexity index is 1070. The van der Waals surface area contributed by atoms with Crippen LogP contribution in [-0.2, 0) is 0 Å². The van der Waals surface area contributed by atoms with E-state index >= 15 is 0 Å². The Labute approximate surface area is 201 Å². The van der Waals surface area contributed by atoms with E-state index < -0.39 is 11.8 Å². The van der Waals surface area contributed by atoms with Crippen molar-refractivity contribution in [3.63, 3.8) is 0 Å². The van der Waals surface area contributed by atoms with Crippen LogP contribution in [0.4, 0.5) is 26.5 Å². The van der Waals surface area contributed by atoms with Gasteiger partial charge in [0.25, 0.3) is 5.56 Å². The number of H-pyrrole nitrogens is 1. The maximum Gasteiger partial charge on any atom is 0.326 e. The molecule has 0 atom stereocenters. The summed E-state index contributed by atoms with van der Waals surface area (Å²) in [4.78, 5) is 39.6. The molecule has 2 aromatic rings. The number of unbranched alkanes of at least 4 members (excludes halogenated alkanes) is 2. The first kappa shape index (κ1) is 25.2. The van der Waals surface area contributed by atoms with Gasteiger partial charge in [-0.3, -0.25) is 25.0 Å². The number of nitrogens with two attached hydrogens (primary N) is 2. The maximum absolute atomic E-state index is 13.9. The van der Waals surface area contributed by atoms with Crippen LogP contribution in [0.2, 0.25) is 5.02 Å². The van der Waals surface area contributed by atoms with Crippen molar-refractivity contribution in [3.8, 4) is 0 Å². The monoisotopic (exact) mass is 493 g/mol. The fourth-order valence-electron chi connectivity index (χ4n) is 3.58. The Morgan fingerprint density at radius 2 is 1.94 bits per heavy atom. The molecule has 2 heterocycles. The van der Waals surface area contributed by atoms with E-state index in [4.69, 9.17) is 23.1 Å². The summed E-state index contributed by atoms with van der Waals surface area (Å²) in [5, 5.41) is 4.60. The van der Waals surface area contributed by atoms with Crippen LogP contribution in [0.15, 0.2) is 34.2 Å². The van der Waals surface area contributed by atoms with Gasteiger partial charge in [0.2, 0.25) is 5.95 Å². The zero-order chi connectivity index (χ0) is 24.5. The molecule has 11 nitrogen and oxygen atoms in total. The normalized spacial score (nSPS) is 14.0. The number of carbonyl (C=O) groups is 1. The number of nitrogens with zero attached hydrogens (tertiary/aromatic N) is 4. The van der Waals surface area contributed by atoms with Gasteiger partial charge in [-0.05, 0) is 31.5 Å². The highest BCUT2D eigenvalue weighted by molar-refractivity contribution is 6.31. The van der Waals surface area contributed by atoms with Crippen molar-refractivity contribution in [2.75, 3.05) is 54.8 Å². The number of aliphatic imine (C=N–C) groups is 1. The summed E-state index contributed by atoms with van der Waals surface area (Å²) < 4.78 is 13.9. The first-order valence-electron chi connectivity index (χ1n) is 11.0. The number of aromatic nitrogens is 2. The van der Waals surface area contributed by atoms with Crippen molar-refractivity contribution in [2.45, 2.75) is 19.3 Å². The number of anilines is 3. The van der Waals surface area contributed by atoms with Crippen LogP contribution in [0.5, 0.6) is 0 Å². The van der Waals surface area contributed by atoms with E-state index in [0.717, 1.165) is 38.9 Å². The summed E-state index contributed by atoms with van der Waals surface area (Å²) in [5.74, 6) is -0.671. The number of aromatic amines is 1. The van der Waals surface area contributed by atoms with E-state index in [-0.39, 0.29) is 28.2 Å². The molecule has 1 saturated heterocycles. The second kappa shape index (κ2) is 12.2. The van der Waals surface area contributed by atoms with E-state index in [1.807, 2.05) is 4.90 Å². The van der Waals surface area contributed by atoms with Crippen LogP contribution in [0.25, 0.3) is 0 Å². The molecule has 1 fully saturated rings. The van der Waals surface area contributed by atoms with Gasteiger partial charge in [0, 0.05) is 32.7 Å². The lowest BCUT2D eigenvalue weighted by molar-refractivity contribution is 0.252. The summed E-state index contributed by atoms with van der Waals surface area (Å²) in [5.41, 5.74) is 10.6. The van der Waals surface area contributed by atoms with Crippen molar-refractivity contribution in [2.24, 2.45) is 16.5 Å². The van der Waals surface area contributed by atoms with Crippen LogP contribution in [0.1, 0.15) is 19.3 Å². The SMILES string of the molecule is NC(N)=NCCCCCN1CCN(c2cnc(NC(=O)Nc3cccc(Cl)c3F)[nH]c2=O)CC1. The number of piperazine rings is 1. The second-order valence-electron chi connectivity index (χ2n) is 7.82. The number of carbonyl (C=O) groups excluding carboxylic acids is 1. The van der Waals surface area contributed by atoms with E-state index in [1.54, 1.807) is 0 Å². The summed E-state index contributed by atoms with van der Waals surface area (Å²) in [6.07, 6.45) is 4.48. The van der Waals surface area contributed by atoms with Gasteiger partial charge in [-0.2, -0.15) is 0 Å². The van der Waals surface area contributed by atoms with Gasteiger partial charge < -0.3 is 21.7 Å². The van der Waals surface area contributed by atoms with Gasteiger partial charge in [-0.15, -0.1) is 0 Å². The molecule has 1 aliphatic rings. The molecule has 0 aliphatic carbocycles. The predicted octanol–water partition coefficient (Wildman–Crippen LogP) is 1.77. The third-order valence-corrected chi connectivity index (χ3v) is 5.64. The molecule has 0 unspecified atom stereocenters. The lowest BCUT2D eigenvalue weighted by atomic mass is 10.2. The average Bonchev–Trinajstić information content (AvgIpc) is 2.80. The number of rotatable bonds is 9. The van der Waals surface area contributed by atoms with E-state index in [1.165, 1.54) is 24.4 Å². The largest absolute Gasteiger partial charge is 0.370 e. The molecule has 0 saturated carbocycles. The fraction of sp³-hybridized carbons (Fsp3) is 0.429. The number of benzene rings is 1. The van der Waals surface area contributed by atoms with Gasteiger partial charge in [0.1, 0.15) is 5.69 Å². The summed E-state index contributed by atoms with van der Waals surface area (Å²) in [6, 6.07) is 3.48. The number of hydrogen-bond acceptors (Lipinski definition) is 6. The minimum Gasteiger partial charge on any atom is -0.370 e. The quantitative estimate of drug-likeness (QED) is 0.202. The number of amides is 2. The van der Waals surface area contributed by atoms with Crippen molar-refractivity contribution >= 4 is 40.9 Å². The highest BCUT2D eigenvalue weighted by atomic mass is 35.5. The average molecular weight is 494 g/mol. The number of urea groups is 1. The molecule has 184 valence electrons. The molecule has 34 heavy (non-hydrogen) atoms. The second-order valence-corrected chi connectivity index (χ2v) is 8.23. The zero-order valence-electron chi connectivity index (χ0n) is 18.7. The highest BCUT2D eigenvalue weighted by Crippen LogP contribution is 2.22. The third kappa shape index (κ3) is 7.32. The summed E-state index contributed by atoms with van der Waals surface area (Å²) in [7, 11) is 0. The lowest BCUT2D eigenvalue weighted by Gasteiger charge is -2.35. The minimum atomic E-state index is -0.760. The van der Waals surface area contributed by atoms with Crippen molar-refractivity contribution in [1.29, 1.82) is 0 Å². The van der Waals surface area contributed by atoms with Crippen LogP contribution in [0, 0.1) is 5.82 Å². The van der Waals surface area contributed by atoms with Gasteiger partial charge in [0.05, 0.1) is 16.9 Å². The van der Waals surface area contributed by atoms with Gasteiger partial charge >= 0.3 is 6.03 Å². The molecule has 13 heteroatoms. The van der Waals surface area contributed by atoms with Crippen molar-refractivity contribution in [3.05, 3.63) is 45.6 Å². The Kier molecular flexibility index (Phi) is 9.05. The molecule has 0 spiro atoms. The van der Waals surface area contributed by atoms with Crippen LogP contribution < -0.4 is 32.6 Å². The van der Waals surface area contributed by atoms with Crippen LogP contribution in [-0.4, -0.2) is 66.1 Å². The predicted molar refractivity (Wildman–Crippen MR) is 132 cm³/mol. The van der Waals surface area contributed by atoms with E-state index in [9.17, 15) is 14.0 Å². The molecule has 1 aliphatic heterocycles. The standard InChI is InChI=1S/C21H29ClFN9O2/c22-14-5-4-6-15(17(14)23)28-21(34)30-20-27-13-16(18(33)29-20)32-11-9-31(10-12-32)8-3-1-2-7-26-19(24)25/h4-6,13H,1-3,7-12H2,(H4,24,25,26)(H3,27,28,29,30,33,34). The molecule has 1 aromatic heterocycles. The number of halogens is 2. The fourth-order valence-corrected chi connectivity index (χ4v) is 3.76. The molecule has 2 amide bonds. The maximum atomic E-state index is 13.9. The molecular weight excluding hydrogens is 465 g/mol. The highest BCUT2D eigenvalue weighted by Gasteiger charge is 2.20. The number of guanidine groups is 1. The molecular formula is C21H29ClFN9O2. The van der Waals surface area contributed by atoms with Crippen LogP contribution >= 0.6 is 11.6 Å². The molecule has 0 radical (unpaired) electrons. The molecule has 3 rings (SSSR count). The van der Waals surface area contributed by atoms with E-state index in [2.05, 4.69) is 30.5 Å².